The molecule has 0 unspecified atom stereocenters. The number of allylic oxidation sites excluding steroid dienone is 4. The Morgan fingerprint density at radius 2 is 2.12 bits per heavy atom. The highest BCUT2D eigenvalue weighted by molar-refractivity contribution is 5.98. The van der Waals surface area contributed by atoms with Gasteiger partial charge >= 0.3 is 0 Å². The van der Waals surface area contributed by atoms with Crippen LogP contribution in [0.1, 0.15) is 58.8 Å². The van der Waals surface area contributed by atoms with Crippen molar-refractivity contribution >= 4 is 5.78 Å². The van der Waals surface area contributed by atoms with E-state index in [1.807, 2.05) is 19.1 Å². The van der Waals surface area contributed by atoms with Gasteiger partial charge in [0, 0.05) is 5.92 Å². The molecule has 0 aromatic rings. The van der Waals surface area contributed by atoms with Gasteiger partial charge in [-0.2, -0.15) is 0 Å². The predicted octanol–water partition coefficient (Wildman–Crippen LogP) is 4.64. The fourth-order valence-corrected chi connectivity index (χ4v) is 4.12. The second-order valence-electron chi connectivity index (χ2n) is 7.56. The molecule has 3 nitrogen and oxygen atoms in total. The summed E-state index contributed by atoms with van der Waals surface area (Å²) in [4.78, 5) is 12.5. The molecule has 0 aromatic heterocycles. The Morgan fingerprint density at radius 1 is 1.32 bits per heavy atom. The Balaban J connectivity index is 1.64. The summed E-state index contributed by atoms with van der Waals surface area (Å²) in [6.45, 7) is 4.25. The smallest absolute Gasteiger partial charge is 0.238 e. The molecule has 1 heterocycles. The van der Waals surface area contributed by atoms with Crippen LogP contribution in [0.4, 0.5) is 0 Å². The number of carbonyl (C=O) groups excluding carboxylic acids is 1. The number of carbonyl (C=O) groups is 1. The van der Waals surface area contributed by atoms with E-state index in [-0.39, 0.29) is 23.7 Å². The van der Waals surface area contributed by atoms with Crippen molar-refractivity contribution in [3.8, 4) is 0 Å². The van der Waals surface area contributed by atoms with E-state index in [4.69, 9.17) is 4.74 Å². The molecule has 0 fully saturated rings. The monoisotopic (exact) mass is 342 g/mol. The van der Waals surface area contributed by atoms with Crippen LogP contribution in [-0.2, 0) is 9.53 Å². The van der Waals surface area contributed by atoms with Crippen molar-refractivity contribution in [3.63, 3.8) is 0 Å². The number of hydrogen-bond donors (Lipinski definition) is 1. The molecule has 0 spiro atoms. The minimum absolute atomic E-state index is 0.154. The molecule has 0 bridgehead atoms. The van der Waals surface area contributed by atoms with Crippen LogP contribution in [0.25, 0.3) is 0 Å². The lowest BCUT2D eigenvalue weighted by atomic mass is 9.72. The van der Waals surface area contributed by atoms with E-state index in [1.54, 1.807) is 6.08 Å². The Morgan fingerprint density at radius 3 is 2.92 bits per heavy atom. The molecule has 0 saturated carbocycles. The van der Waals surface area contributed by atoms with Gasteiger partial charge in [0.25, 0.3) is 0 Å². The van der Waals surface area contributed by atoms with Crippen molar-refractivity contribution in [2.75, 3.05) is 0 Å². The first-order valence-electron chi connectivity index (χ1n) is 9.74. The molecule has 1 aliphatic heterocycles. The first-order valence-corrected chi connectivity index (χ1v) is 9.74. The fourth-order valence-electron chi connectivity index (χ4n) is 4.12. The van der Waals surface area contributed by atoms with Gasteiger partial charge in [0.2, 0.25) is 11.6 Å². The molecule has 3 heteroatoms. The van der Waals surface area contributed by atoms with Crippen LogP contribution in [0.5, 0.6) is 0 Å². The zero-order valence-electron chi connectivity index (χ0n) is 15.4. The third kappa shape index (κ3) is 3.73. The Labute approximate surface area is 151 Å². The number of ketones is 1. The number of fused-ring (bicyclic) bond motifs is 3. The van der Waals surface area contributed by atoms with Crippen LogP contribution in [0.3, 0.4) is 0 Å². The molecular weight excluding hydrogens is 312 g/mol. The lowest BCUT2D eigenvalue weighted by Gasteiger charge is -2.44. The van der Waals surface area contributed by atoms with Crippen LogP contribution in [0, 0.1) is 11.8 Å². The van der Waals surface area contributed by atoms with E-state index < -0.39 is 5.79 Å². The number of ether oxygens (including phenoxy) is 1. The summed E-state index contributed by atoms with van der Waals surface area (Å²) in [6.07, 6.45) is 19.7. The van der Waals surface area contributed by atoms with Crippen LogP contribution in [0.2, 0.25) is 0 Å². The molecule has 2 aliphatic carbocycles. The van der Waals surface area contributed by atoms with E-state index in [9.17, 15) is 9.90 Å². The van der Waals surface area contributed by atoms with Gasteiger partial charge in [-0.3, -0.25) is 4.79 Å². The van der Waals surface area contributed by atoms with Gasteiger partial charge in [-0.05, 0) is 49.3 Å². The minimum atomic E-state index is -1.71. The predicted molar refractivity (Wildman–Crippen MR) is 99.9 cm³/mol. The standard InChI is InChI=1S/C22H30O3/c1-3-4-5-6-7-8-9-13-20-16(2)14-19-18-12-10-11-17(18)15-21(23)22(19,24)25-20/h9-11,13-15,18-20,24H,3-8,12H2,1-2H3/b13-9-/t18-,19+,20+,22-/m1/s1. The average molecular weight is 342 g/mol. The van der Waals surface area contributed by atoms with Crippen LogP contribution in [-0.4, -0.2) is 22.8 Å². The molecule has 0 amide bonds. The number of aliphatic hydroxyl groups is 1. The first kappa shape index (κ1) is 18.3. The lowest BCUT2D eigenvalue weighted by Crippen LogP contribution is -2.56. The molecule has 0 radical (unpaired) electrons. The number of unbranched alkanes of at least 4 members (excludes halogenated alkanes) is 5. The zero-order chi connectivity index (χ0) is 17.9. The molecule has 25 heavy (non-hydrogen) atoms. The molecule has 0 saturated heterocycles. The highest BCUT2D eigenvalue weighted by Gasteiger charge is 2.54. The summed E-state index contributed by atoms with van der Waals surface area (Å²) in [5, 5.41) is 11.0. The molecule has 136 valence electrons. The zero-order valence-corrected chi connectivity index (χ0v) is 15.4. The second-order valence-corrected chi connectivity index (χ2v) is 7.56. The summed E-state index contributed by atoms with van der Waals surface area (Å²) >= 11 is 0. The van der Waals surface area contributed by atoms with E-state index >= 15 is 0 Å². The van der Waals surface area contributed by atoms with Gasteiger partial charge in [-0.15, -0.1) is 0 Å². The topological polar surface area (TPSA) is 46.5 Å². The highest BCUT2D eigenvalue weighted by Crippen LogP contribution is 2.46. The maximum Gasteiger partial charge on any atom is 0.238 e. The first-order chi connectivity index (χ1) is 12.1. The largest absolute Gasteiger partial charge is 0.359 e. The maximum atomic E-state index is 12.5. The molecule has 4 atom stereocenters. The van der Waals surface area contributed by atoms with Crippen molar-refractivity contribution in [3.05, 3.63) is 47.6 Å². The summed E-state index contributed by atoms with van der Waals surface area (Å²) in [5.41, 5.74) is 2.10. The van der Waals surface area contributed by atoms with E-state index in [0.717, 1.165) is 24.0 Å². The molecule has 0 aromatic carbocycles. The fraction of sp³-hybridized carbons (Fsp3) is 0.591. The average Bonchev–Trinajstić information content (AvgIpc) is 3.04. The third-order valence-corrected chi connectivity index (χ3v) is 5.65. The summed E-state index contributed by atoms with van der Waals surface area (Å²) < 4.78 is 5.93. The maximum absolute atomic E-state index is 12.5. The van der Waals surface area contributed by atoms with Crippen molar-refractivity contribution in [2.24, 2.45) is 11.8 Å². The van der Waals surface area contributed by atoms with E-state index in [1.165, 1.54) is 32.1 Å². The van der Waals surface area contributed by atoms with Crippen molar-refractivity contribution < 1.29 is 14.6 Å². The number of rotatable bonds is 7. The molecule has 3 rings (SSSR count). The van der Waals surface area contributed by atoms with Crippen molar-refractivity contribution in [2.45, 2.75) is 70.7 Å². The van der Waals surface area contributed by atoms with Crippen LogP contribution in [0.15, 0.2) is 47.6 Å². The highest BCUT2D eigenvalue weighted by atomic mass is 16.6. The van der Waals surface area contributed by atoms with Crippen molar-refractivity contribution in [1.82, 2.24) is 0 Å². The van der Waals surface area contributed by atoms with E-state index in [2.05, 4.69) is 25.2 Å². The van der Waals surface area contributed by atoms with Gasteiger partial charge in [0.1, 0.15) is 6.10 Å². The Hall–Kier alpha value is -1.45. The SMILES string of the molecule is CCCCCCC/C=C\[C@@H]1O[C@@]2(O)C(=O)C=C3C=CC[C@H]3[C@@H]2C=C1C. The number of hydrogen-bond acceptors (Lipinski definition) is 3. The van der Waals surface area contributed by atoms with Gasteiger partial charge < -0.3 is 9.84 Å². The quantitative estimate of drug-likeness (QED) is 0.541. The van der Waals surface area contributed by atoms with Crippen LogP contribution < -0.4 is 0 Å². The van der Waals surface area contributed by atoms with Gasteiger partial charge in [0.05, 0.1) is 0 Å². The van der Waals surface area contributed by atoms with Crippen LogP contribution >= 0.6 is 0 Å². The van der Waals surface area contributed by atoms with Gasteiger partial charge in [-0.25, -0.2) is 0 Å². The molecular formula is C22H30O3. The van der Waals surface area contributed by atoms with E-state index in [0.29, 0.717) is 0 Å². The third-order valence-electron chi connectivity index (χ3n) is 5.65. The van der Waals surface area contributed by atoms with Crippen molar-refractivity contribution in [1.29, 1.82) is 0 Å². The molecule has 1 N–H and O–H groups in total. The van der Waals surface area contributed by atoms with Gasteiger partial charge in [-0.1, -0.05) is 63.0 Å². The van der Waals surface area contributed by atoms with Gasteiger partial charge in [0.15, 0.2) is 0 Å². The lowest BCUT2D eigenvalue weighted by molar-refractivity contribution is -0.237. The summed E-state index contributed by atoms with van der Waals surface area (Å²) in [7, 11) is 0. The summed E-state index contributed by atoms with van der Waals surface area (Å²) in [5.74, 6) is -2.16. The Kier molecular flexibility index (Phi) is 5.75. The normalized spacial score (nSPS) is 34.0. The summed E-state index contributed by atoms with van der Waals surface area (Å²) in [6, 6.07) is 0. The Bertz CT molecular complexity index is 625. The molecule has 3 aliphatic rings. The minimum Gasteiger partial charge on any atom is -0.359 e. The second kappa shape index (κ2) is 7.84.